The van der Waals surface area contributed by atoms with Crippen LogP contribution in [-0.4, -0.2) is 17.4 Å². The van der Waals surface area contributed by atoms with E-state index < -0.39 is 5.92 Å². The molecule has 0 saturated heterocycles. The molecule has 0 saturated carbocycles. The van der Waals surface area contributed by atoms with Gasteiger partial charge in [-0.05, 0) is 18.1 Å². The fourth-order valence-corrected chi connectivity index (χ4v) is 1.46. The van der Waals surface area contributed by atoms with Crippen LogP contribution in [0.3, 0.4) is 0 Å². The van der Waals surface area contributed by atoms with Gasteiger partial charge in [-0.15, -0.1) is 0 Å². The number of carbonyl (C=O) groups is 1. The summed E-state index contributed by atoms with van der Waals surface area (Å²) in [6.45, 7) is 4.31. The molecule has 1 aromatic heterocycles. The molecule has 86 valence electrons. The Bertz CT molecular complexity index is 362. The van der Waals surface area contributed by atoms with E-state index in [1.807, 2.05) is 38.2 Å². The number of nitrogens with zero attached hydrogens (tertiary/aromatic N) is 1. The summed E-state index contributed by atoms with van der Waals surface area (Å²) in [4.78, 5) is 14.7. The first-order valence-corrected chi connectivity index (χ1v) is 5.44. The van der Waals surface area contributed by atoms with Crippen molar-refractivity contribution >= 4 is 5.91 Å². The Morgan fingerprint density at radius 1 is 1.62 bits per heavy atom. The van der Waals surface area contributed by atoms with Crippen LogP contribution in [0.2, 0.25) is 0 Å². The SMILES string of the molecule is CC(C)C(C#N)C(=O)NCCc1ccc[nH]1. The lowest BCUT2D eigenvalue weighted by Crippen LogP contribution is -2.34. The van der Waals surface area contributed by atoms with E-state index in [0.29, 0.717) is 6.54 Å². The zero-order chi connectivity index (χ0) is 12.0. The van der Waals surface area contributed by atoms with Gasteiger partial charge in [0.2, 0.25) is 5.91 Å². The molecule has 16 heavy (non-hydrogen) atoms. The highest BCUT2D eigenvalue weighted by atomic mass is 16.1. The second-order valence-electron chi connectivity index (χ2n) is 4.09. The van der Waals surface area contributed by atoms with Gasteiger partial charge in [0, 0.05) is 24.9 Å². The molecule has 0 bridgehead atoms. The molecule has 0 fully saturated rings. The van der Waals surface area contributed by atoms with E-state index in [9.17, 15) is 4.79 Å². The molecule has 4 heteroatoms. The summed E-state index contributed by atoms with van der Waals surface area (Å²) in [6, 6.07) is 5.91. The van der Waals surface area contributed by atoms with Crippen molar-refractivity contribution < 1.29 is 4.79 Å². The van der Waals surface area contributed by atoms with Crippen molar-refractivity contribution in [2.45, 2.75) is 20.3 Å². The molecule has 0 aliphatic heterocycles. The van der Waals surface area contributed by atoms with Gasteiger partial charge in [0.1, 0.15) is 5.92 Å². The maximum absolute atomic E-state index is 11.6. The predicted molar refractivity (Wildman–Crippen MR) is 61.4 cm³/mol. The molecule has 1 atom stereocenters. The van der Waals surface area contributed by atoms with Gasteiger partial charge >= 0.3 is 0 Å². The number of amides is 1. The Balaban J connectivity index is 2.33. The van der Waals surface area contributed by atoms with Gasteiger partial charge < -0.3 is 10.3 Å². The average molecular weight is 219 g/mol. The molecule has 0 radical (unpaired) electrons. The third-order valence-corrected chi connectivity index (χ3v) is 2.44. The first-order chi connectivity index (χ1) is 7.65. The molecule has 4 nitrogen and oxygen atoms in total. The fraction of sp³-hybridized carbons (Fsp3) is 0.500. The number of hydrogen-bond acceptors (Lipinski definition) is 2. The highest BCUT2D eigenvalue weighted by Gasteiger charge is 2.20. The quantitative estimate of drug-likeness (QED) is 0.787. The minimum absolute atomic E-state index is 0.0514. The van der Waals surface area contributed by atoms with Crippen LogP contribution >= 0.6 is 0 Å². The Hall–Kier alpha value is -1.76. The number of carbonyl (C=O) groups excluding carboxylic acids is 1. The molecular formula is C12H17N3O. The van der Waals surface area contributed by atoms with E-state index in [1.165, 1.54) is 0 Å². The van der Waals surface area contributed by atoms with E-state index in [1.54, 1.807) is 0 Å². The summed E-state index contributed by atoms with van der Waals surface area (Å²) < 4.78 is 0. The van der Waals surface area contributed by atoms with Crippen LogP contribution in [0.15, 0.2) is 18.3 Å². The first kappa shape index (κ1) is 12.3. The molecule has 0 aromatic carbocycles. The molecule has 0 aliphatic rings. The second kappa shape index (κ2) is 5.96. The van der Waals surface area contributed by atoms with Gasteiger partial charge in [-0.1, -0.05) is 13.8 Å². The van der Waals surface area contributed by atoms with Crippen LogP contribution < -0.4 is 5.32 Å². The number of rotatable bonds is 5. The lowest BCUT2D eigenvalue weighted by atomic mass is 9.97. The van der Waals surface area contributed by atoms with E-state index in [-0.39, 0.29) is 11.8 Å². The Morgan fingerprint density at radius 3 is 2.88 bits per heavy atom. The smallest absolute Gasteiger partial charge is 0.237 e. The van der Waals surface area contributed by atoms with Crippen LogP contribution in [0.1, 0.15) is 19.5 Å². The summed E-state index contributed by atoms with van der Waals surface area (Å²) in [5.41, 5.74) is 1.08. The number of hydrogen-bond donors (Lipinski definition) is 2. The number of aromatic nitrogens is 1. The molecule has 0 spiro atoms. The third-order valence-electron chi connectivity index (χ3n) is 2.44. The van der Waals surface area contributed by atoms with Gasteiger partial charge in [-0.2, -0.15) is 5.26 Å². The topological polar surface area (TPSA) is 68.7 Å². The van der Waals surface area contributed by atoms with Gasteiger partial charge in [0.25, 0.3) is 0 Å². The van der Waals surface area contributed by atoms with Crippen LogP contribution in [-0.2, 0) is 11.2 Å². The number of nitrogens with one attached hydrogen (secondary N) is 2. The van der Waals surface area contributed by atoms with Gasteiger partial charge in [-0.3, -0.25) is 4.79 Å². The van der Waals surface area contributed by atoms with Crippen LogP contribution in [0.5, 0.6) is 0 Å². The zero-order valence-corrected chi connectivity index (χ0v) is 9.66. The van der Waals surface area contributed by atoms with Crippen molar-refractivity contribution in [2.24, 2.45) is 11.8 Å². The van der Waals surface area contributed by atoms with E-state index in [4.69, 9.17) is 5.26 Å². The Morgan fingerprint density at radius 2 is 2.38 bits per heavy atom. The van der Waals surface area contributed by atoms with Gasteiger partial charge in [0.05, 0.1) is 6.07 Å². The molecular weight excluding hydrogens is 202 g/mol. The van der Waals surface area contributed by atoms with Gasteiger partial charge in [0.15, 0.2) is 0 Å². The van der Waals surface area contributed by atoms with Crippen molar-refractivity contribution in [1.82, 2.24) is 10.3 Å². The molecule has 1 rings (SSSR count). The Labute approximate surface area is 95.7 Å². The molecule has 0 aliphatic carbocycles. The van der Waals surface area contributed by atoms with Crippen LogP contribution in [0, 0.1) is 23.2 Å². The Kier molecular flexibility index (Phi) is 4.59. The number of H-pyrrole nitrogens is 1. The molecule has 1 amide bonds. The zero-order valence-electron chi connectivity index (χ0n) is 9.66. The maximum atomic E-state index is 11.6. The highest BCUT2D eigenvalue weighted by Crippen LogP contribution is 2.09. The van der Waals surface area contributed by atoms with Crippen molar-refractivity contribution in [2.75, 3.05) is 6.54 Å². The summed E-state index contributed by atoms with van der Waals surface area (Å²) in [5.74, 6) is -0.678. The average Bonchev–Trinajstić information content (AvgIpc) is 2.71. The van der Waals surface area contributed by atoms with Crippen molar-refractivity contribution in [3.63, 3.8) is 0 Å². The van der Waals surface area contributed by atoms with E-state index in [0.717, 1.165) is 12.1 Å². The predicted octanol–water partition coefficient (Wildman–Crippen LogP) is 1.47. The van der Waals surface area contributed by atoms with Crippen LogP contribution in [0.4, 0.5) is 0 Å². The third kappa shape index (κ3) is 3.43. The number of nitriles is 1. The monoisotopic (exact) mass is 219 g/mol. The summed E-state index contributed by atoms with van der Waals surface area (Å²) in [7, 11) is 0. The number of aromatic amines is 1. The lowest BCUT2D eigenvalue weighted by molar-refractivity contribution is -0.124. The van der Waals surface area contributed by atoms with E-state index >= 15 is 0 Å². The largest absolute Gasteiger partial charge is 0.365 e. The van der Waals surface area contributed by atoms with E-state index in [2.05, 4.69) is 10.3 Å². The highest BCUT2D eigenvalue weighted by molar-refractivity contribution is 5.81. The standard InChI is InChI=1S/C12H17N3O/c1-9(2)11(8-13)12(16)15-7-5-10-4-3-6-14-10/h3-4,6,9,11,14H,5,7H2,1-2H3,(H,15,16). The minimum Gasteiger partial charge on any atom is -0.365 e. The molecule has 1 aromatic rings. The second-order valence-corrected chi connectivity index (χ2v) is 4.09. The fourth-order valence-electron chi connectivity index (χ4n) is 1.46. The minimum atomic E-state index is -0.552. The van der Waals surface area contributed by atoms with Crippen molar-refractivity contribution in [3.05, 3.63) is 24.0 Å². The maximum Gasteiger partial charge on any atom is 0.237 e. The molecule has 2 N–H and O–H groups in total. The van der Waals surface area contributed by atoms with Crippen molar-refractivity contribution in [1.29, 1.82) is 5.26 Å². The first-order valence-electron chi connectivity index (χ1n) is 5.44. The summed E-state index contributed by atoms with van der Waals surface area (Å²) >= 11 is 0. The van der Waals surface area contributed by atoms with Crippen molar-refractivity contribution in [3.8, 4) is 6.07 Å². The lowest BCUT2D eigenvalue weighted by Gasteiger charge is -2.12. The van der Waals surface area contributed by atoms with Crippen LogP contribution in [0.25, 0.3) is 0 Å². The van der Waals surface area contributed by atoms with Gasteiger partial charge in [-0.25, -0.2) is 0 Å². The summed E-state index contributed by atoms with van der Waals surface area (Å²) in [5, 5.41) is 11.6. The summed E-state index contributed by atoms with van der Waals surface area (Å²) in [6.07, 6.45) is 2.61. The molecule has 1 unspecified atom stereocenters. The molecule has 1 heterocycles. The normalized spacial score (nSPS) is 12.1.